The third-order valence-electron chi connectivity index (χ3n) is 5.16. The van der Waals surface area contributed by atoms with Crippen molar-refractivity contribution in [3.8, 4) is 11.4 Å². The SMILES string of the molecule is O=C(O)Cc1cccc(NC(=O)c2nc(-c3ccccc3)n3c2CCCCC3)c1. The van der Waals surface area contributed by atoms with Gasteiger partial charge in [0.2, 0.25) is 0 Å². The Hall–Kier alpha value is -3.41. The Kier molecular flexibility index (Phi) is 5.42. The molecule has 6 nitrogen and oxygen atoms in total. The van der Waals surface area contributed by atoms with E-state index in [0.717, 1.165) is 49.3 Å². The first-order valence-corrected chi connectivity index (χ1v) is 9.89. The number of anilines is 1. The van der Waals surface area contributed by atoms with Crippen LogP contribution in [0.2, 0.25) is 0 Å². The second-order valence-corrected chi connectivity index (χ2v) is 7.28. The average molecular weight is 389 g/mol. The van der Waals surface area contributed by atoms with Gasteiger partial charge in [-0.25, -0.2) is 4.98 Å². The standard InChI is InChI=1S/C23H23N3O3/c27-20(28)15-16-8-7-11-18(14-16)24-23(29)21-19-12-5-2-6-13-26(19)22(25-21)17-9-3-1-4-10-17/h1,3-4,7-11,14H,2,5-6,12-13,15H2,(H,24,29)(H,27,28). The van der Waals surface area contributed by atoms with E-state index >= 15 is 0 Å². The molecule has 29 heavy (non-hydrogen) atoms. The van der Waals surface area contributed by atoms with Crippen LogP contribution in [-0.2, 0) is 24.2 Å². The number of aromatic nitrogens is 2. The third-order valence-corrected chi connectivity index (χ3v) is 5.16. The number of aliphatic carboxylic acids is 1. The molecule has 0 aliphatic carbocycles. The van der Waals surface area contributed by atoms with Crippen molar-refractivity contribution in [2.75, 3.05) is 5.32 Å². The number of rotatable bonds is 5. The number of carboxylic acids is 1. The molecule has 0 saturated carbocycles. The van der Waals surface area contributed by atoms with Crippen molar-refractivity contribution in [2.24, 2.45) is 0 Å². The summed E-state index contributed by atoms with van der Waals surface area (Å²) in [6, 6.07) is 16.9. The number of benzene rings is 2. The lowest BCUT2D eigenvalue weighted by Crippen LogP contribution is -2.15. The molecule has 0 unspecified atom stereocenters. The molecular formula is C23H23N3O3. The first-order chi connectivity index (χ1) is 14.1. The number of amides is 1. The molecule has 2 N–H and O–H groups in total. The van der Waals surface area contributed by atoms with Crippen molar-refractivity contribution in [3.63, 3.8) is 0 Å². The van der Waals surface area contributed by atoms with Gasteiger partial charge >= 0.3 is 5.97 Å². The van der Waals surface area contributed by atoms with Crippen LogP contribution in [0.1, 0.15) is 41.0 Å². The molecule has 0 fully saturated rings. The maximum absolute atomic E-state index is 13.1. The molecule has 0 bridgehead atoms. The van der Waals surface area contributed by atoms with Crippen LogP contribution in [0.5, 0.6) is 0 Å². The Balaban J connectivity index is 1.67. The fraction of sp³-hybridized carbons (Fsp3) is 0.261. The molecule has 3 aromatic rings. The van der Waals surface area contributed by atoms with Crippen molar-refractivity contribution >= 4 is 17.6 Å². The molecular weight excluding hydrogens is 366 g/mol. The number of hydrogen-bond donors (Lipinski definition) is 2. The summed E-state index contributed by atoms with van der Waals surface area (Å²) in [5.41, 5.74) is 3.64. The van der Waals surface area contributed by atoms with Crippen LogP contribution in [0.15, 0.2) is 54.6 Å². The van der Waals surface area contributed by atoms with E-state index in [4.69, 9.17) is 10.1 Å². The van der Waals surface area contributed by atoms with E-state index < -0.39 is 5.97 Å². The maximum Gasteiger partial charge on any atom is 0.307 e. The van der Waals surface area contributed by atoms with Crippen LogP contribution in [0.25, 0.3) is 11.4 Å². The Morgan fingerprint density at radius 2 is 1.86 bits per heavy atom. The number of nitrogens with one attached hydrogen (secondary N) is 1. The average Bonchev–Trinajstić information content (AvgIpc) is 2.90. The summed E-state index contributed by atoms with van der Waals surface area (Å²) >= 11 is 0. The quantitative estimate of drug-likeness (QED) is 0.686. The van der Waals surface area contributed by atoms with Gasteiger partial charge in [0.1, 0.15) is 11.5 Å². The van der Waals surface area contributed by atoms with Crippen LogP contribution >= 0.6 is 0 Å². The number of carbonyl (C=O) groups excluding carboxylic acids is 1. The summed E-state index contributed by atoms with van der Waals surface area (Å²) < 4.78 is 2.18. The van der Waals surface area contributed by atoms with Gasteiger partial charge in [-0.3, -0.25) is 9.59 Å². The molecule has 1 amide bonds. The van der Waals surface area contributed by atoms with E-state index in [2.05, 4.69) is 9.88 Å². The number of carbonyl (C=O) groups is 2. The van der Waals surface area contributed by atoms with Gasteiger partial charge < -0.3 is 15.0 Å². The molecule has 0 atom stereocenters. The van der Waals surface area contributed by atoms with Crippen molar-refractivity contribution in [1.82, 2.24) is 9.55 Å². The summed E-state index contributed by atoms with van der Waals surface area (Å²) in [6.07, 6.45) is 3.98. The minimum atomic E-state index is -0.902. The second kappa shape index (κ2) is 8.31. The Morgan fingerprint density at radius 1 is 1.03 bits per heavy atom. The van der Waals surface area contributed by atoms with Gasteiger partial charge in [-0.05, 0) is 37.0 Å². The number of carboxylic acid groups (broad SMARTS) is 1. The zero-order valence-corrected chi connectivity index (χ0v) is 16.1. The van der Waals surface area contributed by atoms with E-state index in [1.807, 2.05) is 30.3 Å². The highest BCUT2D eigenvalue weighted by molar-refractivity contribution is 6.04. The summed E-state index contributed by atoms with van der Waals surface area (Å²) in [5, 5.41) is 11.9. The predicted octanol–water partition coefficient (Wildman–Crippen LogP) is 4.16. The van der Waals surface area contributed by atoms with Gasteiger partial charge in [0.15, 0.2) is 0 Å². The molecule has 4 rings (SSSR count). The predicted molar refractivity (Wildman–Crippen MR) is 111 cm³/mol. The van der Waals surface area contributed by atoms with Crippen molar-refractivity contribution in [2.45, 2.75) is 38.6 Å². The van der Waals surface area contributed by atoms with Crippen LogP contribution in [0, 0.1) is 0 Å². The van der Waals surface area contributed by atoms with Gasteiger partial charge in [-0.2, -0.15) is 0 Å². The summed E-state index contributed by atoms with van der Waals surface area (Å²) in [7, 11) is 0. The van der Waals surface area contributed by atoms with E-state index in [9.17, 15) is 9.59 Å². The van der Waals surface area contributed by atoms with Gasteiger partial charge in [-0.1, -0.05) is 48.9 Å². The fourth-order valence-electron chi connectivity index (χ4n) is 3.83. The van der Waals surface area contributed by atoms with Crippen molar-refractivity contribution in [3.05, 3.63) is 71.5 Å². The van der Waals surface area contributed by atoms with Crippen molar-refractivity contribution < 1.29 is 14.7 Å². The number of imidazole rings is 1. The normalized spacial score (nSPS) is 13.4. The molecule has 1 aliphatic heterocycles. The lowest BCUT2D eigenvalue weighted by molar-refractivity contribution is -0.136. The minimum absolute atomic E-state index is 0.0816. The minimum Gasteiger partial charge on any atom is -0.481 e. The monoisotopic (exact) mass is 389 g/mol. The van der Waals surface area contributed by atoms with E-state index in [1.54, 1.807) is 24.3 Å². The zero-order valence-electron chi connectivity index (χ0n) is 16.1. The Bertz CT molecular complexity index is 1040. The molecule has 1 aliphatic rings. The molecule has 0 spiro atoms. The van der Waals surface area contributed by atoms with Gasteiger partial charge in [0.05, 0.1) is 12.1 Å². The van der Waals surface area contributed by atoms with Gasteiger partial charge in [0.25, 0.3) is 5.91 Å². The Morgan fingerprint density at radius 3 is 2.66 bits per heavy atom. The van der Waals surface area contributed by atoms with Crippen LogP contribution in [-0.4, -0.2) is 26.5 Å². The molecule has 2 heterocycles. The highest BCUT2D eigenvalue weighted by atomic mass is 16.4. The maximum atomic E-state index is 13.1. The number of hydrogen-bond acceptors (Lipinski definition) is 3. The van der Waals surface area contributed by atoms with Crippen molar-refractivity contribution in [1.29, 1.82) is 0 Å². The second-order valence-electron chi connectivity index (χ2n) is 7.28. The summed E-state index contributed by atoms with van der Waals surface area (Å²) in [6.45, 7) is 0.855. The number of fused-ring (bicyclic) bond motifs is 1. The zero-order chi connectivity index (χ0) is 20.2. The first kappa shape index (κ1) is 18.9. The smallest absolute Gasteiger partial charge is 0.307 e. The molecule has 1 aromatic heterocycles. The topological polar surface area (TPSA) is 84.2 Å². The Labute approximate surface area is 169 Å². The van der Waals surface area contributed by atoms with E-state index in [-0.39, 0.29) is 12.3 Å². The molecule has 0 radical (unpaired) electrons. The lowest BCUT2D eigenvalue weighted by atomic mass is 10.1. The van der Waals surface area contributed by atoms with Gasteiger partial charge in [0, 0.05) is 17.8 Å². The fourth-order valence-corrected chi connectivity index (χ4v) is 3.83. The highest BCUT2D eigenvalue weighted by Crippen LogP contribution is 2.27. The summed E-state index contributed by atoms with van der Waals surface area (Å²) in [5.74, 6) is -0.335. The summed E-state index contributed by atoms with van der Waals surface area (Å²) in [4.78, 5) is 28.8. The third kappa shape index (κ3) is 4.21. The molecule has 6 heteroatoms. The lowest BCUT2D eigenvalue weighted by Gasteiger charge is -2.09. The van der Waals surface area contributed by atoms with Crippen LogP contribution < -0.4 is 5.32 Å². The van der Waals surface area contributed by atoms with E-state index in [1.165, 1.54) is 0 Å². The molecule has 0 saturated heterocycles. The number of nitrogens with zero attached hydrogens (tertiary/aromatic N) is 2. The largest absolute Gasteiger partial charge is 0.481 e. The van der Waals surface area contributed by atoms with E-state index in [0.29, 0.717) is 16.9 Å². The van der Waals surface area contributed by atoms with Gasteiger partial charge in [-0.15, -0.1) is 0 Å². The van der Waals surface area contributed by atoms with Crippen LogP contribution in [0.4, 0.5) is 5.69 Å². The molecule has 2 aromatic carbocycles. The first-order valence-electron chi connectivity index (χ1n) is 9.89. The highest BCUT2D eigenvalue weighted by Gasteiger charge is 2.24. The van der Waals surface area contributed by atoms with Crippen LogP contribution in [0.3, 0.4) is 0 Å². The molecule has 148 valence electrons.